The van der Waals surface area contributed by atoms with Crippen LogP contribution in [0.5, 0.6) is 0 Å². The van der Waals surface area contributed by atoms with Crippen LogP contribution >= 0.6 is 0 Å². The second kappa shape index (κ2) is 12.3. The zero-order valence-corrected chi connectivity index (χ0v) is 17.9. The summed E-state index contributed by atoms with van der Waals surface area (Å²) in [6.45, 7) is 4.37. The Labute approximate surface area is 178 Å². The van der Waals surface area contributed by atoms with Gasteiger partial charge >= 0.3 is 11.9 Å². The third kappa shape index (κ3) is 6.53. The zero-order chi connectivity index (χ0) is 21.9. The number of nitrogens with two attached hydrogens (primary N) is 1. The molecule has 0 radical (unpaired) electrons. The van der Waals surface area contributed by atoms with Gasteiger partial charge in [-0.3, -0.25) is 24.6 Å². The molecular formula is C22H33N3O5. The third-order valence-electron chi connectivity index (χ3n) is 5.06. The van der Waals surface area contributed by atoms with E-state index in [2.05, 4.69) is 5.32 Å². The lowest BCUT2D eigenvalue weighted by molar-refractivity contribution is -0.146. The molecule has 0 bridgehead atoms. The molecule has 8 nitrogen and oxygen atoms in total. The second-order valence-corrected chi connectivity index (χ2v) is 7.21. The van der Waals surface area contributed by atoms with Gasteiger partial charge in [-0.1, -0.05) is 24.6 Å². The normalized spacial score (nSPS) is 17.1. The molecule has 1 amide bonds. The van der Waals surface area contributed by atoms with Gasteiger partial charge in [0, 0.05) is 5.69 Å². The largest absolute Gasteiger partial charge is 0.465 e. The summed E-state index contributed by atoms with van der Waals surface area (Å²) in [7, 11) is 0. The smallest absolute Gasteiger partial charge is 0.326 e. The highest BCUT2D eigenvalue weighted by atomic mass is 16.5. The highest BCUT2D eigenvalue weighted by molar-refractivity contribution is 6.02. The standard InChI is InChI=1S/C22H33N3O5/c1-3-29-20(26)15-25-19-11-6-5-9-16(19)12-13-17(21(25)27)24-18(10-7-8-14-23)22(28)30-4-2/h5-6,9,11,17-18,24H,3-4,7-8,10,12-15,23H2,1-2H3/t17-,18-/m0/s1. The first-order valence-electron chi connectivity index (χ1n) is 10.7. The number of hydrogen-bond donors (Lipinski definition) is 2. The predicted molar refractivity (Wildman–Crippen MR) is 114 cm³/mol. The second-order valence-electron chi connectivity index (χ2n) is 7.21. The summed E-state index contributed by atoms with van der Waals surface area (Å²) < 4.78 is 10.3. The van der Waals surface area contributed by atoms with Gasteiger partial charge in [0.15, 0.2) is 0 Å². The van der Waals surface area contributed by atoms with E-state index in [-0.39, 0.29) is 31.6 Å². The quantitative estimate of drug-likeness (QED) is 0.413. The minimum Gasteiger partial charge on any atom is -0.465 e. The van der Waals surface area contributed by atoms with E-state index in [0.717, 1.165) is 18.4 Å². The number of fused-ring (bicyclic) bond motifs is 1. The monoisotopic (exact) mass is 419 g/mol. The lowest BCUT2D eigenvalue weighted by Gasteiger charge is -2.27. The molecular weight excluding hydrogens is 386 g/mol. The van der Waals surface area contributed by atoms with Crippen molar-refractivity contribution in [3.63, 3.8) is 0 Å². The van der Waals surface area contributed by atoms with Crippen LogP contribution in [-0.2, 0) is 30.3 Å². The molecule has 1 aromatic carbocycles. The van der Waals surface area contributed by atoms with Gasteiger partial charge in [0.2, 0.25) is 5.91 Å². The number of carbonyl (C=O) groups excluding carboxylic acids is 3. The first-order chi connectivity index (χ1) is 14.5. The summed E-state index contributed by atoms with van der Waals surface area (Å²) in [4.78, 5) is 39.4. The number of nitrogens with one attached hydrogen (secondary N) is 1. The van der Waals surface area contributed by atoms with E-state index in [0.29, 0.717) is 31.5 Å². The number of para-hydroxylation sites is 1. The molecule has 166 valence electrons. The number of unbranched alkanes of at least 4 members (excludes halogenated alkanes) is 1. The molecule has 0 fully saturated rings. The molecule has 0 spiro atoms. The number of ether oxygens (including phenoxy) is 2. The number of benzene rings is 1. The zero-order valence-electron chi connectivity index (χ0n) is 17.9. The van der Waals surface area contributed by atoms with Crippen molar-refractivity contribution in [2.24, 2.45) is 5.73 Å². The van der Waals surface area contributed by atoms with Crippen LogP contribution < -0.4 is 16.0 Å². The van der Waals surface area contributed by atoms with Gasteiger partial charge in [-0.05, 0) is 57.7 Å². The summed E-state index contributed by atoms with van der Waals surface area (Å²) >= 11 is 0. The van der Waals surface area contributed by atoms with E-state index in [1.807, 2.05) is 24.3 Å². The van der Waals surface area contributed by atoms with Gasteiger partial charge in [-0.2, -0.15) is 0 Å². The molecule has 0 aliphatic carbocycles. The molecule has 0 saturated carbocycles. The van der Waals surface area contributed by atoms with Crippen molar-refractivity contribution < 1.29 is 23.9 Å². The molecule has 1 aliphatic heterocycles. The lowest BCUT2D eigenvalue weighted by Crippen LogP contribution is -2.53. The number of amides is 1. The maximum absolute atomic E-state index is 13.4. The molecule has 3 N–H and O–H groups in total. The van der Waals surface area contributed by atoms with E-state index in [1.54, 1.807) is 13.8 Å². The Hall–Kier alpha value is -2.45. The average molecular weight is 420 g/mol. The van der Waals surface area contributed by atoms with Crippen molar-refractivity contribution in [1.29, 1.82) is 0 Å². The number of hydrogen-bond acceptors (Lipinski definition) is 7. The van der Waals surface area contributed by atoms with Crippen molar-refractivity contribution in [1.82, 2.24) is 5.32 Å². The number of esters is 2. The SMILES string of the molecule is CCOC(=O)CN1C(=O)[C@@H](N[C@@H](CCCCN)C(=O)OCC)CCc2ccccc21. The summed E-state index contributed by atoms with van der Waals surface area (Å²) in [5.41, 5.74) is 7.26. The Morgan fingerprint density at radius 1 is 1.20 bits per heavy atom. The average Bonchev–Trinajstić information content (AvgIpc) is 2.85. The van der Waals surface area contributed by atoms with Gasteiger partial charge in [-0.25, -0.2) is 0 Å². The fraction of sp³-hybridized carbons (Fsp3) is 0.591. The molecule has 2 atom stereocenters. The van der Waals surface area contributed by atoms with Crippen molar-refractivity contribution in [3.8, 4) is 0 Å². The van der Waals surface area contributed by atoms with Crippen molar-refractivity contribution in [2.75, 3.05) is 31.2 Å². The number of rotatable bonds is 11. The minimum absolute atomic E-state index is 0.168. The van der Waals surface area contributed by atoms with E-state index >= 15 is 0 Å². The van der Waals surface area contributed by atoms with Gasteiger partial charge < -0.3 is 15.2 Å². The van der Waals surface area contributed by atoms with Crippen LogP contribution in [0.25, 0.3) is 0 Å². The molecule has 1 aromatic rings. The van der Waals surface area contributed by atoms with Crippen LogP contribution in [0.2, 0.25) is 0 Å². The number of nitrogens with zero attached hydrogens (tertiary/aromatic N) is 1. The van der Waals surface area contributed by atoms with Crippen LogP contribution in [0.4, 0.5) is 5.69 Å². The predicted octanol–water partition coefficient (Wildman–Crippen LogP) is 1.55. The maximum atomic E-state index is 13.4. The van der Waals surface area contributed by atoms with Gasteiger partial charge in [0.25, 0.3) is 0 Å². The van der Waals surface area contributed by atoms with Crippen LogP contribution in [0.15, 0.2) is 24.3 Å². The molecule has 1 heterocycles. The Bertz CT molecular complexity index is 724. The molecule has 2 rings (SSSR count). The number of aryl methyl sites for hydroxylation is 1. The van der Waals surface area contributed by atoms with Gasteiger partial charge in [0.1, 0.15) is 12.6 Å². The molecule has 30 heavy (non-hydrogen) atoms. The molecule has 0 unspecified atom stereocenters. The fourth-order valence-electron chi connectivity index (χ4n) is 3.62. The maximum Gasteiger partial charge on any atom is 0.326 e. The van der Waals surface area contributed by atoms with Crippen LogP contribution in [0.3, 0.4) is 0 Å². The van der Waals surface area contributed by atoms with Crippen LogP contribution in [0.1, 0.15) is 45.1 Å². The van der Waals surface area contributed by atoms with Crippen LogP contribution in [0, 0.1) is 0 Å². The summed E-state index contributed by atoms with van der Waals surface area (Å²) in [6, 6.07) is 6.32. The van der Waals surface area contributed by atoms with E-state index in [4.69, 9.17) is 15.2 Å². The Morgan fingerprint density at radius 2 is 1.93 bits per heavy atom. The summed E-state index contributed by atoms with van der Waals surface area (Å²) in [5.74, 6) is -1.09. The molecule has 1 aliphatic rings. The first kappa shape index (κ1) is 23.8. The molecule has 0 saturated heterocycles. The van der Waals surface area contributed by atoms with Crippen LogP contribution in [-0.4, -0.2) is 56.2 Å². The highest BCUT2D eigenvalue weighted by Crippen LogP contribution is 2.27. The molecule has 0 aromatic heterocycles. The lowest BCUT2D eigenvalue weighted by atomic mass is 10.0. The third-order valence-corrected chi connectivity index (χ3v) is 5.06. The highest BCUT2D eigenvalue weighted by Gasteiger charge is 2.34. The van der Waals surface area contributed by atoms with Crippen molar-refractivity contribution >= 4 is 23.5 Å². The van der Waals surface area contributed by atoms with Crippen molar-refractivity contribution in [3.05, 3.63) is 29.8 Å². The van der Waals surface area contributed by atoms with Gasteiger partial charge in [0.05, 0.1) is 19.3 Å². The Balaban J connectivity index is 2.23. The minimum atomic E-state index is -0.612. The molecule has 8 heteroatoms. The Morgan fingerprint density at radius 3 is 2.63 bits per heavy atom. The van der Waals surface area contributed by atoms with Crippen molar-refractivity contribution in [2.45, 2.75) is 58.0 Å². The van der Waals surface area contributed by atoms with E-state index < -0.39 is 18.1 Å². The van der Waals surface area contributed by atoms with E-state index in [1.165, 1.54) is 4.90 Å². The summed E-state index contributed by atoms with van der Waals surface area (Å²) in [5, 5.41) is 3.20. The van der Waals surface area contributed by atoms with E-state index in [9.17, 15) is 14.4 Å². The Kier molecular flexibility index (Phi) is 9.76. The number of carbonyl (C=O) groups is 3. The van der Waals surface area contributed by atoms with Gasteiger partial charge in [-0.15, -0.1) is 0 Å². The fourth-order valence-corrected chi connectivity index (χ4v) is 3.62. The topological polar surface area (TPSA) is 111 Å². The summed E-state index contributed by atoms with van der Waals surface area (Å²) in [6.07, 6.45) is 3.24. The first-order valence-corrected chi connectivity index (χ1v) is 10.7. The number of anilines is 1.